The molecule has 2 saturated heterocycles. The van der Waals surface area contributed by atoms with E-state index in [0.29, 0.717) is 0 Å². The second-order valence-electron chi connectivity index (χ2n) is 6.00. The Labute approximate surface area is 99.8 Å². The van der Waals surface area contributed by atoms with Gasteiger partial charge in [0.2, 0.25) is 0 Å². The van der Waals surface area contributed by atoms with Gasteiger partial charge in [0.1, 0.15) is 0 Å². The highest BCUT2D eigenvalue weighted by Gasteiger charge is 2.43. The molecule has 0 radical (unpaired) electrons. The van der Waals surface area contributed by atoms with E-state index in [-0.39, 0.29) is 0 Å². The van der Waals surface area contributed by atoms with Gasteiger partial charge < -0.3 is 5.32 Å². The van der Waals surface area contributed by atoms with Crippen molar-refractivity contribution in [3.05, 3.63) is 0 Å². The fraction of sp³-hybridized carbons (Fsp3) is 1.00. The average Bonchev–Trinajstić information content (AvgIpc) is 2.85. The van der Waals surface area contributed by atoms with Crippen LogP contribution in [0.4, 0.5) is 0 Å². The molecule has 0 amide bonds. The van der Waals surface area contributed by atoms with Gasteiger partial charge in [0, 0.05) is 24.2 Å². The molecule has 16 heavy (non-hydrogen) atoms. The minimum absolute atomic E-state index is 0.820. The quantitative estimate of drug-likeness (QED) is 0.789. The van der Waals surface area contributed by atoms with Crippen molar-refractivity contribution in [2.45, 2.75) is 82.5 Å². The maximum absolute atomic E-state index is 3.67. The van der Waals surface area contributed by atoms with Gasteiger partial charge in [0.15, 0.2) is 0 Å². The third-order valence-corrected chi connectivity index (χ3v) is 5.03. The van der Waals surface area contributed by atoms with Gasteiger partial charge in [-0.3, -0.25) is 4.90 Å². The summed E-state index contributed by atoms with van der Waals surface area (Å²) < 4.78 is 0. The fourth-order valence-electron chi connectivity index (χ4n) is 4.47. The summed E-state index contributed by atoms with van der Waals surface area (Å²) in [6, 6.07) is 3.62. The van der Waals surface area contributed by atoms with E-state index < -0.39 is 0 Å². The van der Waals surface area contributed by atoms with Crippen LogP contribution in [0.2, 0.25) is 0 Å². The second-order valence-corrected chi connectivity index (χ2v) is 6.00. The van der Waals surface area contributed by atoms with E-state index in [4.69, 9.17) is 0 Å². The highest BCUT2D eigenvalue weighted by Crippen LogP contribution is 2.40. The first-order valence-corrected chi connectivity index (χ1v) is 7.39. The maximum atomic E-state index is 3.67. The van der Waals surface area contributed by atoms with Crippen LogP contribution < -0.4 is 5.32 Å². The molecule has 92 valence electrons. The molecule has 2 heteroatoms. The Morgan fingerprint density at radius 2 is 1.56 bits per heavy atom. The van der Waals surface area contributed by atoms with Crippen LogP contribution in [0.15, 0.2) is 0 Å². The van der Waals surface area contributed by atoms with E-state index in [1.54, 1.807) is 0 Å². The first-order chi connectivity index (χ1) is 7.88. The van der Waals surface area contributed by atoms with Gasteiger partial charge in [0.25, 0.3) is 0 Å². The molecule has 2 nitrogen and oxygen atoms in total. The third-order valence-electron chi connectivity index (χ3n) is 5.03. The van der Waals surface area contributed by atoms with Crippen molar-refractivity contribution in [1.29, 1.82) is 0 Å². The highest BCUT2D eigenvalue weighted by atomic mass is 15.3. The first kappa shape index (κ1) is 11.0. The number of hydrogen-bond acceptors (Lipinski definition) is 2. The van der Waals surface area contributed by atoms with Gasteiger partial charge in [0.05, 0.1) is 0 Å². The number of nitrogens with zero attached hydrogens (tertiary/aromatic N) is 1. The summed E-state index contributed by atoms with van der Waals surface area (Å²) in [5, 5.41) is 3.67. The molecule has 3 rings (SSSR count). The lowest BCUT2D eigenvalue weighted by Gasteiger charge is -2.42. The molecule has 0 aromatic heterocycles. The van der Waals surface area contributed by atoms with Crippen LogP contribution in [0.1, 0.15) is 58.3 Å². The Kier molecular flexibility index (Phi) is 3.21. The molecule has 3 aliphatic rings. The zero-order valence-corrected chi connectivity index (χ0v) is 10.6. The molecule has 3 fully saturated rings. The molecule has 2 heterocycles. The Morgan fingerprint density at radius 3 is 2.12 bits per heavy atom. The van der Waals surface area contributed by atoms with Crippen molar-refractivity contribution >= 4 is 0 Å². The summed E-state index contributed by atoms with van der Waals surface area (Å²) in [6.07, 6.45) is 11.7. The normalized spacial score (nSPS) is 40.7. The molecule has 0 aromatic rings. The Morgan fingerprint density at radius 1 is 0.938 bits per heavy atom. The maximum Gasteiger partial charge on any atom is 0.0116 e. The molecule has 1 aliphatic carbocycles. The lowest BCUT2D eigenvalue weighted by atomic mass is 9.95. The number of rotatable bonds is 3. The van der Waals surface area contributed by atoms with Gasteiger partial charge in [-0.15, -0.1) is 0 Å². The van der Waals surface area contributed by atoms with Crippen molar-refractivity contribution in [3.8, 4) is 0 Å². The number of piperidine rings is 1. The zero-order valence-electron chi connectivity index (χ0n) is 10.6. The summed E-state index contributed by atoms with van der Waals surface area (Å²) in [4.78, 5) is 2.93. The lowest BCUT2D eigenvalue weighted by Crippen LogP contribution is -2.52. The van der Waals surface area contributed by atoms with Crippen molar-refractivity contribution in [2.75, 3.05) is 6.54 Å². The van der Waals surface area contributed by atoms with Gasteiger partial charge in [-0.2, -0.15) is 0 Å². The number of fused-ring (bicyclic) bond motifs is 2. The Hall–Kier alpha value is -0.0800. The average molecular weight is 222 g/mol. The van der Waals surface area contributed by atoms with E-state index in [0.717, 1.165) is 30.7 Å². The van der Waals surface area contributed by atoms with Crippen molar-refractivity contribution < 1.29 is 0 Å². The molecule has 1 saturated carbocycles. The van der Waals surface area contributed by atoms with Crippen LogP contribution in [-0.2, 0) is 0 Å². The predicted molar refractivity (Wildman–Crippen MR) is 67.6 cm³/mol. The molecule has 2 unspecified atom stereocenters. The summed E-state index contributed by atoms with van der Waals surface area (Å²) >= 11 is 0. The Balaban J connectivity index is 1.65. The summed E-state index contributed by atoms with van der Waals surface area (Å²) in [5.41, 5.74) is 0. The van der Waals surface area contributed by atoms with Crippen molar-refractivity contribution in [2.24, 2.45) is 0 Å². The van der Waals surface area contributed by atoms with Crippen LogP contribution in [0.25, 0.3) is 0 Å². The lowest BCUT2D eigenvalue weighted by molar-refractivity contribution is 0.0727. The summed E-state index contributed by atoms with van der Waals surface area (Å²) in [7, 11) is 0. The van der Waals surface area contributed by atoms with E-state index >= 15 is 0 Å². The van der Waals surface area contributed by atoms with Crippen LogP contribution in [-0.4, -0.2) is 35.6 Å². The molecule has 1 N–H and O–H groups in total. The largest absolute Gasteiger partial charge is 0.314 e. The molecule has 2 aliphatic heterocycles. The highest BCUT2D eigenvalue weighted by molar-refractivity contribution is 5.00. The topological polar surface area (TPSA) is 15.3 Å². The molecule has 2 atom stereocenters. The molecule has 0 aromatic carbocycles. The van der Waals surface area contributed by atoms with Crippen molar-refractivity contribution in [3.63, 3.8) is 0 Å². The first-order valence-electron chi connectivity index (χ1n) is 7.39. The van der Waals surface area contributed by atoms with Crippen LogP contribution >= 0.6 is 0 Å². The van der Waals surface area contributed by atoms with Crippen LogP contribution in [0.5, 0.6) is 0 Å². The fourth-order valence-corrected chi connectivity index (χ4v) is 4.47. The SMILES string of the molecule is CCNC1CC2CCC(C1)N2C1CCCC1. The summed E-state index contributed by atoms with van der Waals surface area (Å²) in [5.74, 6) is 0. The Bertz CT molecular complexity index is 221. The van der Waals surface area contributed by atoms with Gasteiger partial charge in [-0.1, -0.05) is 19.8 Å². The number of hydrogen-bond donors (Lipinski definition) is 1. The standard InChI is InChI=1S/C14H26N2/c1-2-15-11-9-13-7-8-14(10-11)16(13)12-5-3-4-6-12/h11-15H,2-10H2,1H3. The summed E-state index contributed by atoms with van der Waals surface area (Å²) in [6.45, 7) is 3.39. The third kappa shape index (κ3) is 1.91. The van der Waals surface area contributed by atoms with Gasteiger partial charge in [-0.25, -0.2) is 0 Å². The molecule has 0 spiro atoms. The zero-order chi connectivity index (χ0) is 11.0. The second kappa shape index (κ2) is 4.66. The predicted octanol–water partition coefficient (Wildman–Crippen LogP) is 2.53. The molecule has 2 bridgehead atoms. The smallest absolute Gasteiger partial charge is 0.0116 e. The van der Waals surface area contributed by atoms with E-state index in [9.17, 15) is 0 Å². The van der Waals surface area contributed by atoms with Crippen molar-refractivity contribution in [1.82, 2.24) is 10.2 Å². The minimum atomic E-state index is 0.820. The number of nitrogens with one attached hydrogen (secondary N) is 1. The minimum Gasteiger partial charge on any atom is -0.314 e. The van der Waals surface area contributed by atoms with Crippen LogP contribution in [0, 0.1) is 0 Å². The molecular weight excluding hydrogens is 196 g/mol. The van der Waals surface area contributed by atoms with Crippen LogP contribution in [0.3, 0.4) is 0 Å². The van der Waals surface area contributed by atoms with E-state index in [1.807, 2.05) is 0 Å². The molecular formula is C14H26N2. The van der Waals surface area contributed by atoms with Gasteiger partial charge >= 0.3 is 0 Å². The van der Waals surface area contributed by atoms with E-state index in [1.165, 1.54) is 51.4 Å². The van der Waals surface area contributed by atoms with E-state index in [2.05, 4.69) is 17.1 Å². The van der Waals surface area contributed by atoms with Gasteiger partial charge in [-0.05, 0) is 45.1 Å². The monoisotopic (exact) mass is 222 g/mol.